The molecule has 2 unspecified atom stereocenters. The standard InChI is InChI=1S/C26H24N2O4/c1-31-17-11-12-22(32-2)21(15-17)27-25(29)23-19-9-5-6-10-20(19)26(30)28-14-13-16-7-3-4-8-18(16)24(23)28/h3-12,15,23-24H,13-14H2,1-2H3,(H,27,29). The maximum atomic E-state index is 13.8. The van der Waals surface area contributed by atoms with Crippen LogP contribution >= 0.6 is 0 Å². The van der Waals surface area contributed by atoms with Crippen molar-refractivity contribution in [1.82, 2.24) is 4.90 Å². The third kappa shape index (κ3) is 3.19. The molecule has 0 bridgehead atoms. The van der Waals surface area contributed by atoms with Crippen LogP contribution in [0.4, 0.5) is 5.69 Å². The van der Waals surface area contributed by atoms with Crippen molar-refractivity contribution in [3.8, 4) is 11.5 Å². The summed E-state index contributed by atoms with van der Waals surface area (Å²) in [6.45, 7) is 0.584. The number of amides is 2. The van der Waals surface area contributed by atoms with Crippen molar-refractivity contribution < 1.29 is 19.1 Å². The van der Waals surface area contributed by atoms with Gasteiger partial charge in [0, 0.05) is 18.2 Å². The van der Waals surface area contributed by atoms with E-state index in [9.17, 15) is 9.59 Å². The first-order valence-corrected chi connectivity index (χ1v) is 10.6. The number of nitrogens with zero attached hydrogens (tertiary/aromatic N) is 1. The normalized spacial score (nSPS) is 18.8. The maximum Gasteiger partial charge on any atom is 0.254 e. The molecule has 0 aliphatic carbocycles. The lowest BCUT2D eigenvalue weighted by Crippen LogP contribution is -2.49. The van der Waals surface area contributed by atoms with Gasteiger partial charge in [0.15, 0.2) is 0 Å². The molecule has 1 N–H and O–H groups in total. The highest BCUT2D eigenvalue weighted by atomic mass is 16.5. The molecule has 2 heterocycles. The Balaban J connectivity index is 1.62. The number of nitrogens with one attached hydrogen (secondary N) is 1. The van der Waals surface area contributed by atoms with Crippen LogP contribution in [0.2, 0.25) is 0 Å². The fraction of sp³-hybridized carbons (Fsp3) is 0.231. The van der Waals surface area contributed by atoms with E-state index in [0.29, 0.717) is 29.3 Å². The van der Waals surface area contributed by atoms with E-state index in [1.807, 2.05) is 41.3 Å². The molecule has 3 aromatic rings. The molecule has 32 heavy (non-hydrogen) atoms. The van der Waals surface area contributed by atoms with Gasteiger partial charge in [-0.2, -0.15) is 0 Å². The number of carbonyl (C=O) groups excluding carboxylic acids is 2. The van der Waals surface area contributed by atoms with Crippen molar-refractivity contribution in [1.29, 1.82) is 0 Å². The number of methoxy groups -OCH3 is 2. The molecule has 6 nitrogen and oxygen atoms in total. The number of benzene rings is 3. The summed E-state index contributed by atoms with van der Waals surface area (Å²) in [5.41, 5.74) is 4.06. The van der Waals surface area contributed by atoms with Gasteiger partial charge in [0.25, 0.3) is 5.91 Å². The lowest BCUT2D eigenvalue weighted by atomic mass is 9.76. The molecular formula is C26H24N2O4. The first-order valence-electron chi connectivity index (χ1n) is 10.6. The molecule has 0 radical (unpaired) electrons. The van der Waals surface area contributed by atoms with Gasteiger partial charge in [0.2, 0.25) is 5.91 Å². The molecule has 6 heteroatoms. The average Bonchev–Trinajstić information content (AvgIpc) is 2.84. The summed E-state index contributed by atoms with van der Waals surface area (Å²) in [6.07, 6.45) is 0.776. The largest absolute Gasteiger partial charge is 0.497 e. The van der Waals surface area contributed by atoms with E-state index in [4.69, 9.17) is 9.47 Å². The van der Waals surface area contributed by atoms with Gasteiger partial charge in [-0.25, -0.2) is 0 Å². The molecule has 2 aliphatic heterocycles. The van der Waals surface area contributed by atoms with Crippen LogP contribution in [0.25, 0.3) is 0 Å². The molecule has 2 amide bonds. The van der Waals surface area contributed by atoms with Gasteiger partial charge in [0.05, 0.1) is 31.9 Å². The Hall–Kier alpha value is -3.80. The predicted molar refractivity (Wildman–Crippen MR) is 121 cm³/mol. The molecule has 0 saturated carbocycles. The van der Waals surface area contributed by atoms with Crippen LogP contribution in [-0.4, -0.2) is 37.5 Å². The van der Waals surface area contributed by atoms with Gasteiger partial charge >= 0.3 is 0 Å². The summed E-state index contributed by atoms with van der Waals surface area (Å²) in [5, 5.41) is 3.04. The zero-order chi connectivity index (χ0) is 22.2. The fourth-order valence-corrected chi connectivity index (χ4v) is 4.88. The average molecular weight is 428 g/mol. The molecule has 0 aromatic heterocycles. The number of hydrogen-bond donors (Lipinski definition) is 1. The minimum absolute atomic E-state index is 0.0249. The summed E-state index contributed by atoms with van der Waals surface area (Å²) in [4.78, 5) is 29.0. The first-order chi connectivity index (χ1) is 15.6. The second-order valence-corrected chi connectivity index (χ2v) is 8.01. The van der Waals surface area contributed by atoms with Gasteiger partial charge in [0.1, 0.15) is 11.5 Å². The Morgan fingerprint density at radius 2 is 1.72 bits per heavy atom. The highest BCUT2D eigenvalue weighted by Crippen LogP contribution is 2.46. The SMILES string of the molecule is COc1ccc(OC)c(NC(=O)C2c3ccccc3C(=O)N3CCc4ccccc4C23)c1. The second-order valence-electron chi connectivity index (χ2n) is 8.01. The van der Waals surface area contributed by atoms with Crippen LogP contribution in [0.15, 0.2) is 66.7 Å². The van der Waals surface area contributed by atoms with Crippen LogP contribution in [0.3, 0.4) is 0 Å². The monoisotopic (exact) mass is 428 g/mol. The van der Waals surface area contributed by atoms with E-state index in [0.717, 1.165) is 17.5 Å². The fourth-order valence-electron chi connectivity index (χ4n) is 4.88. The maximum absolute atomic E-state index is 13.8. The van der Waals surface area contributed by atoms with Crippen molar-refractivity contribution in [3.63, 3.8) is 0 Å². The summed E-state index contributed by atoms with van der Waals surface area (Å²) < 4.78 is 10.8. The molecule has 162 valence electrons. The minimum Gasteiger partial charge on any atom is -0.497 e. The quantitative estimate of drug-likeness (QED) is 0.677. The Labute approximate surface area is 186 Å². The lowest BCUT2D eigenvalue weighted by Gasteiger charge is -2.45. The molecule has 2 atom stereocenters. The van der Waals surface area contributed by atoms with E-state index in [-0.39, 0.29) is 17.9 Å². The molecule has 0 spiro atoms. The van der Waals surface area contributed by atoms with E-state index < -0.39 is 5.92 Å². The number of carbonyl (C=O) groups is 2. The third-order valence-electron chi connectivity index (χ3n) is 6.38. The van der Waals surface area contributed by atoms with Gasteiger partial charge in [-0.1, -0.05) is 42.5 Å². The Bertz CT molecular complexity index is 1210. The van der Waals surface area contributed by atoms with Gasteiger partial charge < -0.3 is 19.7 Å². The topological polar surface area (TPSA) is 67.9 Å². The summed E-state index contributed by atoms with van der Waals surface area (Å²) in [5.74, 6) is 0.387. The molecule has 0 saturated heterocycles. The Morgan fingerprint density at radius 1 is 0.969 bits per heavy atom. The summed E-state index contributed by atoms with van der Waals surface area (Å²) in [6, 6.07) is 20.4. The molecule has 5 rings (SSSR count). The Kier molecular flexibility index (Phi) is 5.05. The van der Waals surface area contributed by atoms with Crippen LogP contribution < -0.4 is 14.8 Å². The number of hydrogen-bond acceptors (Lipinski definition) is 4. The highest BCUT2D eigenvalue weighted by molar-refractivity contribution is 6.05. The van der Waals surface area contributed by atoms with Crippen molar-refractivity contribution in [2.75, 3.05) is 26.1 Å². The second kappa shape index (κ2) is 8.04. The van der Waals surface area contributed by atoms with E-state index in [1.54, 1.807) is 38.5 Å². The Morgan fingerprint density at radius 3 is 2.50 bits per heavy atom. The van der Waals surface area contributed by atoms with Crippen LogP contribution in [-0.2, 0) is 11.2 Å². The van der Waals surface area contributed by atoms with Crippen molar-refractivity contribution in [2.45, 2.75) is 18.4 Å². The predicted octanol–water partition coefficient (Wildman–Crippen LogP) is 4.18. The number of anilines is 1. The first kappa shape index (κ1) is 20.1. The minimum atomic E-state index is -0.554. The number of fused-ring (bicyclic) bond motifs is 4. The number of ether oxygens (including phenoxy) is 2. The highest BCUT2D eigenvalue weighted by Gasteiger charge is 2.46. The lowest BCUT2D eigenvalue weighted by molar-refractivity contribution is -0.119. The van der Waals surface area contributed by atoms with E-state index >= 15 is 0 Å². The van der Waals surface area contributed by atoms with E-state index in [1.165, 1.54) is 5.56 Å². The summed E-state index contributed by atoms with van der Waals surface area (Å²) >= 11 is 0. The van der Waals surface area contributed by atoms with Gasteiger partial charge in [-0.3, -0.25) is 9.59 Å². The van der Waals surface area contributed by atoms with Crippen molar-refractivity contribution in [2.24, 2.45) is 0 Å². The third-order valence-corrected chi connectivity index (χ3v) is 6.38. The molecule has 2 aliphatic rings. The van der Waals surface area contributed by atoms with Gasteiger partial charge in [-0.05, 0) is 41.3 Å². The van der Waals surface area contributed by atoms with Crippen LogP contribution in [0, 0.1) is 0 Å². The molecule has 0 fully saturated rings. The van der Waals surface area contributed by atoms with Crippen LogP contribution in [0.1, 0.15) is 39.0 Å². The van der Waals surface area contributed by atoms with Crippen molar-refractivity contribution >= 4 is 17.5 Å². The van der Waals surface area contributed by atoms with Crippen LogP contribution in [0.5, 0.6) is 11.5 Å². The van der Waals surface area contributed by atoms with E-state index in [2.05, 4.69) is 11.4 Å². The molecule has 3 aromatic carbocycles. The zero-order valence-corrected chi connectivity index (χ0v) is 18.0. The molecular weight excluding hydrogens is 404 g/mol. The number of rotatable bonds is 4. The van der Waals surface area contributed by atoms with Gasteiger partial charge in [-0.15, -0.1) is 0 Å². The smallest absolute Gasteiger partial charge is 0.254 e. The van der Waals surface area contributed by atoms with Crippen molar-refractivity contribution in [3.05, 3.63) is 89.0 Å². The zero-order valence-electron chi connectivity index (χ0n) is 18.0. The summed E-state index contributed by atoms with van der Waals surface area (Å²) in [7, 11) is 3.14.